The lowest BCUT2D eigenvalue weighted by molar-refractivity contribution is 0.0979. The van der Waals surface area contributed by atoms with Crippen LogP contribution in [0.2, 0.25) is 0 Å². The Balaban J connectivity index is 2.19. The predicted molar refractivity (Wildman–Crippen MR) is 58.4 cm³/mol. The van der Waals surface area contributed by atoms with Crippen LogP contribution in [0.1, 0.15) is 12.8 Å². The first-order valence-electron chi connectivity index (χ1n) is 4.78. The van der Waals surface area contributed by atoms with Crippen LogP contribution in [0, 0.1) is 0 Å². The van der Waals surface area contributed by atoms with Gasteiger partial charge in [-0.25, -0.2) is 4.79 Å². The van der Waals surface area contributed by atoms with Crippen LogP contribution in [-0.4, -0.2) is 18.6 Å². The van der Waals surface area contributed by atoms with E-state index in [0.717, 1.165) is 12.8 Å². The van der Waals surface area contributed by atoms with Crippen LogP contribution in [0.5, 0.6) is 5.75 Å². The lowest BCUT2D eigenvalue weighted by atomic mass is 10.3. The number of alkyl halides is 1. The molecule has 15 heavy (non-hydrogen) atoms. The Hall–Kier alpha value is -1.22. The van der Waals surface area contributed by atoms with Gasteiger partial charge in [-0.1, -0.05) is 18.2 Å². The maximum absolute atomic E-state index is 11.1. The van der Waals surface area contributed by atoms with E-state index in [1.54, 1.807) is 24.3 Å². The van der Waals surface area contributed by atoms with Crippen LogP contribution in [0.3, 0.4) is 0 Å². The number of ether oxygens (including phenoxy) is 2. The molecule has 0 saturated carbocycles. The van der Waals surface area contributed by atoms with E-state index in [9.17, 15) is 4.79 Å². The van der Waals surface area contributed by atoms with E-state index in [1.165, 1.54) is 0 Å². The first-order valence-corrected chi connectivity index (χ1v) is 5.32. The number of carbonyl (C=O) groups is 1. The van der Waals surface area contributed by atoms with Crippen LogP contribution in [-0.2, 0) is 4.74 Å². The average molecular weight is 229 g/mol. The fourth-order valence-electron chi connectivity index (χ4n) is 0.966. The molecular formula is C11H13ClO3. The first kappa shape index (κ1) is 11.9. The molecule has 1 aromatic rings. The van der Waals surface area contributed by atoms with Gasteiger partial charge in [0.25, 0.3) is 0 Å². The van der Waals surface area contributed by atoms with Crippen molar-refractivity contribution in [1.82, 2.24) is 0 Å². The van der Waals surface area contributed by atoms with Gasteiger partial charge in [0.2, 0.25) is 0 Å². The summed E-state index contributed by atoms with van der Waals surface area (Å²) in [6.07, 6.45) is 0.920. The van der Waals surface area contributed by atoms with Gasteiger partial charge >= 0.3 is 6.16 Å². The molecule has 0 radical (unpaired) electrons. The Labute approximate surface area is 93.9 Å². The molecular weight excluding hydrogens is 216 g/mol. The number of halogens is 1. The number of para-hydroxylation sites is 1. The van der Waals surface area contributed by atoms with Gasteiger partial charge in [0.05, 0.1) is 6.61 Å². The molecule has 0 spiro atoms. The third-order valence-electron chi connectivity index (χ3n) is 1.69. The van der Waals surface area contributed by atoms with Crippen molar-refractivity contribution in [2.24, 2.45) is 0 Å². The molecule has 0 fully saturated rings. The quantitative estimate of drug-likeness (QED) is 0.336. The molecule has 0 heterocycles. The Kier molecular flexibility index (Phi) is 5.63. The van der Waals surface area contributed by atoms with Crippen molar-refractivity contribution in [2.75, 3.05) is 12.5 Å². The van der Waals surface area contributed by atoms with Gasteiger partial charge in [-0.05, 0) is 25.0 Å². The molecule has 0 amide bonds. The summed E-state index contributed by atoms with van der Waals surface area (Å²) < 4.78 is 9.73. The summed E-state index contributed by atoms with van der Waals surface area (Å²) in [7, 11) is 0. The monoisotopic (exact) mass is 228 g/mol. The number of rotatable bonds is 5. The van der Waals surface area contributed by atoms with Gasteiger partial charge in [-0.15, -0.1) is 11.6 Å². The Bertz CT molecular complexity index is 287. The Morgan fingerprint density at radius 3 is 2.60 bits per heavy atom. The van der Waals surface area contributed by atoms with Gasteiger partial charge < -0.3 is 9.47 Å². The van der Waals surface area contributed by atoms with Crippen molar-refractivity contribution in [3.8, 4) is 5.75 Å². The third kappa shape index (κ3) is 5.27. The average Bonchev–Trinajstić information content (AvgIpc) is 2.26. The zero-order chi connectivity index (χ0) is 10.9. The van der Waals surface area contributed by atoms with Crippen LogP contribution in [0.4, 0.5) is 4.79 Å². The summed E-state index contributed by atoms with van der Waals surface area (Å²) >= 11 is 5.47. The molecule has 1 rings (SSSR count). The van der Waals surface area contributed by atoms with Crippen molar-refractivity contribution in [3.63, 3.8) is 0 Å². The molecule has 1 aromatic carbocycles. The standard InChI is InChI=1S/C11H13ClO3/c12-8-4-5-9-14-11(13)15-10-6-2-1-3-7-10/h1-3,6-7H,4-5,8-9H2. The summed E-state index contributed by atoms with van der Waals surface area (Å²) in [6.45, 7) is 0.346. The molecule has 0 atom stereocenters. The normalized spacial score (nSPS) is 9.67. The highest BCUT2D eigenvalue weighted by molar-refractivity contribution is 6.17. The topological polar surface area (TPSA) is 35.5 Å². The number of hydrogen-bond acceptors (Lipinski definition) is 3. The Morgan fingerprint density at radius 2 is 1.93 bits per heavy atom. The van der Waals surface area contributed by atoms with E-state index in [1.807, 2.05) is 6.07 Å². The molecule has 0 saturated heterocycles. The van der Waals surface area contributed by atoms with Crippen molar-refractivity contribution >= 4 is 17.8 Å². The van der Waals surface area contributed by atoms with E-state index >= 15 is 0 Å². The first-order chi connectivity index (χ1) is 7.33. The SMILES string of the molecule is O=C(OCCCCCl)Oc1ccccc1. The lowest BCUT2D eigenvalue weighted by Gasteiger charge is -2.04. The van der Waals surface area contributed by atoms with Crippen molar-refractivity contribution in [2.45, 2.75) is 12.8 Å². The zero-order valence-corrected chi connectivity index (χ0v) is 9.07. The minimum atomic E-state index is -0.671. The minimum absolute atomic E-state index is 0.346. The van der Waals surface area contributed by atoms with Gasteiger partial charge in [-0.3, -0.25) is 0 Å². The summed E-state index contributed by atoms with van der Waals surface area (Å²) in [5.74, 6) is 1.07. The number of unbranched alkanes of at least 4 members (excludes halogenated alkanes) is 1. The van der Waals surface area contributed by atoms with Crippen LogP contribution in [0.25, 0.3) is 0 Å². The maximum atomic E-state index is 11.1. The van der Waals surface area contributed by atoms with Crippen molar-refractivity contribution in [3.05, 3.63) is 30.3 Å². The van der Waals surface area contributed by atoms with Crippen molar-refractivity contribution in [1.29, 1.82) is 0 Å². The fourth-order valence-corrected chi connectivity index (χ4v) is 1.16. The van der Waals surface area contributed by atoms with Crippen molar-refractivity contribution < 1.29 is 14.3 Å². The maximum Gasteiger partial charge on any atom is 0.513 e. The smallest absolute Gasteiger partial charge is 0.434 e. The summed E-state index contributed by atoms with van der Waals surface area (Å²) in [6, 6.07) is 8.81. The summed E-state index contributed by atoms with van der Waals surface area (Å²) in [5.41, 5.74) is 0. The van der Waals surface area contributed by atoms with E-state index in [4.69, 9.17) is 21.1 Å². The summed E-state index contributed by atoms with van der Waals surface area (Å²) in [4.78, 5) is 11.1. The van der Waals surface area contributed by atoms with E-state index in [-0.39, 0.29) is 0 Å². The molecule has 3 nitrogen and oxygen atoms in total. The van der Waals surface area contributed by atoms with E-state index in [2.05, 4.69) is 0 Å². The van der Waals surface area contributed by atoms with Gasteiger partial charge in [0.15, 0.2) is 0 Å². The fraction of sp³-hybridized carbons (Fsp3) is 0.364. The van der Waals surface area contributed by atoms with Gasteiger partial charge in [0.1, 0.15) is 5.75 Å². The zero-order valence-electron chi connectivity index (χ0n) is 8.32. The second kappa shape index (κ2) is 7.12. The molecule has 0 aliphatic rings. The molecule has 0 aliphatic carbocycles. The number of benzene rings is 1. The largest absolute Gasteiger partial charge is 0.513 e. The summed E-state index contributed by atoms with van der Waals surface area (Å²) in [5, 5.41) is 0. The highest BCUT2D eigenvalue weighted by Crippen LogP contribution is 2.09. The number of hydrogen-bond donors (Lipinski definition) is 0. The molecule has 82 valence electrons. The van der Waals surface area contributed by atoms with Gasteiger partial charge in [-0.2, -0.15) is 0 Å². The molecule has 4 heteroatoms. The van der Waals surface area contributed by atoms with Crippen LogP contribution < -0.4 is 4.74 Å². The highest BCUT2D eigenvalue weighted by Gasteiger charge is 2.04. The highest BCUT2D eigenvalue weighted by atomic mass is 35.5. The molecule has 0 aliphatic heterocycles. The molecule has 0 aromatic heterocycles. The lowest BCUT2D eigenvalue weighted by Crippen LogP contribution is -2.11. The number of carbonyl (C=O) groups excluding carboxylic acids is 1. The van der Waals surface area contributed by atoms with Crippen LogP contribution >= 0.6 is 11.6 Å². The second-order valence-corrected chi connectivity index (χ2v) is 3.29. The second-order valence-electron chi connectivity index (χ2n) is 2.91. The predicted octanol–water partition coefficient (Wildman–Crippen LogP) is 3.22. The van der Waals surface area contributed by atoms with E-state index in [0.29, 0.717) is 18.2 Å². The van der Waals surface area contributed by atoms with Crippen LogP contribution in [0.15, 0.2) is 30.3 Å². The molecule has 0 unspecified atom stereocenters. The Morgan fingerprint density at radius 1 is 1.20 bits per heavy atom. The molecule has 0 N–H and O–H groups in total. The minimum Gasteiger partial charge on any atom is -0.434 e. The van der Waals surface area contributed by atoms with Gasteiger partial charge in [0, 0.05) is 5.88 Å². The molecule has 0 bridgehead atoms. The van der Waals surface area contributed by atoms with E-state index < -0.39 is 6.16 Å². The third-order valence-corrected chi connectivity index (χ3v) is 1.96.